The Morgan fingerprint density at radius 3 is 3.21 bits per heavy atom. The molecule has 1 aliphatic carbocycles. The number of carbonyl (C=O) groups excluding carboxylic acids is 1. The van der Waals surface area contributed by atoms with Crippen LogP contribution in [0.1, 0.15) is 23.3 Å². The number of hydrogen-bond donors (Lipinski definition) is 2. The van der Waals surface area contributed by atoms with Crippen molar-refractivity contribution in [2.75, 3.05) is 6.54 Å². The van der Waals surface area contributed by atoms with Crippen molar-refractivity contribution in [1.82, 2.24) is 20.0 Å². The van der Waals surface area contributed by atoms with Crippen molar-refractivity contribution in [3.63, 3.8) is 0 Å². The highest BCUT2D eigenvalue weighted by Crippen LogP contribution is 2.31. The maximum absolute atomic E-state index is 12.2. The normalized spacial score (nSPS) is 28.9. The third kappa shape index (κ3) is 1.81. The number of nitrogens with one attached hydrogen (secondary N) is 2. The molecule has 1 aliphatic heterocycles. The van der Waals surface area contributed by atoms with E-state index < -0.39 is 0 Å². The first-order valence-corrected chi connectivity index (χ1v) is 6.76. The van der Waals surface area contributed by atoms with Crippen LogP contribution in [0, 0.1) is 5.92 Å². The molecule has 1 saturated heterocycles. The van der Waals surface area contributed by atoms with Crippen LogP contribution < -0.4 is 10.6 Å². The van der Waals surface area contributed by atoms with Crippen LogP contribution in [-0.2, 0) is 0 Å². The number of hydrogen-bond acceptors (Lipinski definition) is 3. The molecule has 1 amide bonds. The molecule has 4 rings (SSSR count). The van der Waals surface area contributed by atoms with E-state index in [2.05, 4.69) is 15.6 Å². The minimum Gasteiger partial charge on any atom is -0.348 e. The highest BCUT2D eigenvalue weighted by molar-refractivity contribution is 5.93. The lowest BCUT2D eigenvalue weighted by molar-refractivity contribution is 0.0920. The number of nitrogens with zero attached hydrogens (tertiary/aromatic N) is 2. The molecule has 0 radical (unpaired) electrons. The largest absolute Gasteiger partial charge is 0.348 e. The predicted molar refractivity (Wildman–Crippen MR) is 71.0 cm³/mol. The van der Waals surface area contributed by atoms with Crippen LogP contribution in [0.2, 0.25) is 0 Å². The molecule has 2 fully saturated rings. The summed E-state index contributed by atoms with van der Waals surface area (Å²) < 4.78 is 1.90. The van der Waals surface area contributed by atoms with Crippen LogP contribution >= 0.6 is 0 Å². The van der Waals surface area contributed by atoms with Crippen LogP contribution in [0.3, 0.4) is 0 Å². The lowest BCUT2D eigenvalue weighted by Gasteiger charge is -2.23. The van der Waals surface area contributed by atoms with Crippen LogP contribution in [0.5, 0.6) is 0 Å². The molecule has 2 aromatic heterocycles. The fourth-order valence-electron chi connectivity index (χ4n) is 3.31. The standard InChI is InChI=1S/C14H16N4O/c19-14(17-12-5-10-4-9(12)7-15-10)13-6-11-2-1-3-18(11)8-16-13/h1-3,6,8-10,12,15H,4-5,7H2,(H,17,19)/t9-,10+,12+/m0/s1. The first kappa shape index (κ1) is 11.0. The zero-order valence-electron chi connectivity index (χ0n) is 10.5. The van der Waals surface area contributed by atoms with Crippen LogP contribution in [0.15, 0.2) is 30.7 Å². The molecule has 3 atom stereocenters. The zero-order valence-corrected chi connectivity index (χ0v) is 10.5. The molecule has 5 heteroatoms. The Balaban J connectivity index is 1.53. The van der Waals surface area contributed by atoms with Gasteiger partial charge >= 0.3 is 0 Å². The second-order valence-corrected chi connectivity index (χ2v) is 5.53. The highest BCUT2D eigenvalue weighted by atomic mass is 16.1. The molecule has 2 bridgehead atoms. The third-order valence-corrected chi connectivity index (χ3v) is 4.33. The number of carbonyl (C=O) groups is 1. The van der Waals surface area contributed by atoms with Crippen molar-refractivity contribution < 1.29 is 4.79 Å². The van der Waals surface area contributed by atoms with Gasteiger partial charge in [0.2, 0.25) is 0 Å². The average molecular weight is 256 g/mol. The summed E-state index contributed by atoms with van der Waals surface area (Å²) >= 11 is 0. The van der Waals surface area contributed by atoms with Gasteiger partial charge in [0.1, 0.15) is 5.69 Å². The molecule has 0 unspecified atom stereocenters. The van der Waals surface area contributed by atoms with Gasteiger partial charge in [0.15, 0.2) is 0 Å². The smallest absolute Gasteiger partial charge is 0.270 e. The second kappa shape index (κ2) is 4.06. The van der Waals surface area contributed by atoms with Gasteiger partial charge in [0.25, 0.3) is 5.91 Å². The number of rotatable bonds is 2. The van der Waals surface area contributed by atoms with Crippen molar-refractivity contribution in [3.8, 4) is 0 Å². The van der Waals surface area contributed by atoms with Crippen molar-refractivity contribution in [1.29, 1.82) is 0 Å². The lowest BCUT2D eigenvalue weighted by Crippen LogP contribution is -2.44. The van der Waals surface area contributed by atoms with Crippen molar-refractivity contribution >= 4 is 11.4 Å². The minimum atomic E-state index is -0.0544. The fourth-order valence-corrected chi connectivity index (χ4v) is 3.31. The van der Waals surface area contributed by atoms with E-state index in [1.807, 2.05) is 28.8 Å². The van der Waals surface area contributed by atoms with E-state index in [9.17, 15) is 4.79 Å². The Hall–Kier alpha value is -1.88. The number of piperidine rings is 1. The Bertz CT molecular complexity index is 635. The third-order valence-electron chi connectivity index (χ3n) is 4.33. The summed E-state index contributed by atoms with van der Waals surface area (Å²) in [4.78, 5) is 16.5. The van der Waals surface area contributed by atoms with Crippen molar-refractivity contribution in [3.05, 3.63) is 36.4 Å². The number of aromatic nitrogens is 2. The molecular weight excluding hydrogens is 240 g/mol. The fraction of sp³-hybridized carbons (Fsp3) is 0.429. The van der Waals surface area contributed by atoms with E-state index in [-0.39, 0.29) is 5.91 Å². The van der Waals surface area contributed by atoms with Gasteiger partial charge in [0.05, 0.1) is 6.33 Å². The summed E-state index contributed by atoms with van der Waals surface area (Å²) in [5, 5.41) is 6.58. The SMILES string of the molecule is O=C(N[C@@H]1C[C@H]2C[C@H]1CN2)c1cc2cccn2cn1. The minimum absolute atomic E-state index is 0.0544. The molecule has 0 aromatic carbocycles. The molecule has 2 aliphatic rings. The Morgan fingerprint density at radius 1 is 1.47 bits per heavy atom. The molecule has 19 heavy (non-hydrogen) atoms. The van der Waals surface area contributed by atoms with Gasteiger partial charge < -0.3 is 15.0 Å². The summed E-state index contributed by atoms with van der Waals surface area (Å²) in [6, 6.07) is 6.65. The molecule has 98 valence electrons. The van der Waals surface area contributed by atoms with Gasteiger partial charge in [0, 0.05) is 30.3 Å². The summed E-state index contributed by atoms with van der Waals surface area (Å²) in [5.74, 6) is 0.534. The average Bonchev–Trinajstić information content (AvgIpc) is 3.13. The Labute approximate surface area is 111 Å². The Morgan fingerprint density at radius 2 is 2.42 bits per heavy atom. The highest BCUT2D eigenvalue weighted by Gasteiger charge is 2.40. The molecule has 5 nitrogen and oxygen atoms in total. The van der Waals surface area contributed by atoms with Crippen LogP contribution in [0.25, 0.3) is 5.52 Å². The monoisotopic (exact) mass is 256 g/mol. The molecule has 2 N–H and O–H groups in total. The first-order valence-electron chi connectivity index (χ1n) is 6.76. The van der Waals surface area contributed by atoms with Crippen LogP contribution in [-0.4, -0.2) is 33.9 Å². The quantitative estimate of drug-likeness (QED) is 0.836. The Kier molecular flexibility index (Phi) is 2.35. The van der Waals surface area contributed by atoms with Gasteiger partial charge in [-0.05, 0) is 37.0 Å². The summed E-state index contributed by atoms with van der Waals surface area (Å²) in [6.45, 7) is 1.03. The maximum atomic E-state index is 12.2. The summed E-state index contributed by atoms with van der Waals surface area (Å²) in [7, 11) is 0. The van der Waals surface area contributed by atoms with E-state index >= 15 is 0 Å². The van der Waals surface area contributed by atoms with Crippen LogP contribution in [0.4, 0.5) is 0 Å². The number of fused-ring (bicyclic) bond motifs is 3. The summed E-state index contributed by atoms with van der Waals surface area (Å²) in [6.07, 6.45) is 5.85. The molecular formula is C14H16N4O. The maximum Gasteiger partial charge on any atom is 0.270 e. The molecule has 3 heterocycles. The molecule has 2 aromatic rings. The topological polar surface area (TPSA) is 58.4 Å². The predicted octanol–water partition coefficient (Wildman–Crippen LogP) is 0.814. The first-order chi connectivity index (χ1) is 9.29. The van der Waals surface area contributed by atoms with E-state index in [0.29, 0.717) is 23.7 Å². The zero-order chi connectivity index (χ0) is 12.8. The summed E-state index contributed by atoms with van der Waals surface area (Å²) in [5.41, 5.74) is 1.50. The van der Waals surface area contributed by atoms with Gasteiger partial charge in [-0.2, -0.15) is 0 Å². The second-order valence-electron chi connectivity index (χ2n) is 5.53. The van der Waals surface area contributed by atoms with E-state index in [4.69, 9.17) is 0 Å². The van der Waals surface area contributed by atoms with E-state index in [0.717, 1.165) is 18.5 Å². The van der Waals surface area contributed by atoms with Gasteiger partial charge in [-0.3, -0.25) is 4.79 Å². The molecule has 1 saturated carbocycles. The van der Waals surface area contributed by atoms with E-state index in [1.54, 1.807) is 6.33 Å². The molecule has 0 spiro atoms. The van der Waals surface area contributed by atoms with Crippen molar-refractivity contribution in [2.45, 2.75) is 24.9 Å². The van der Waals surface area contributed by atoms with Gasteiger partial charge in [-0.1, -0.05) is 0 Å². The van der Waals surface area contributed by atoms with Crippen molar-refractivity contribution in [2.24, 2.45) is 5.92 Å². The van der Waals surface area contributed by atoms with E-state index in [1.165, 1.54) is 6.42 Å². The van der Waals surface area contributed by atoms with Gasteiger partial charge in [-0.15, -0.1) is 0 Å². The number of amides is 1. The lowest BCUT2D eigenvalue weighted by atomic mass is 10.0. The van der Waals surface area contributed by atoms with Gasteiger partial charge in [-0.25, -0.2) is 4.98 Å².